The van der Waals surface area contributed by atoms with Crippen LogP contribution < -0.4 is 0 Å². The van der Waals surface area contributed by atoms with E-state index in [1.165, 1.54) is 0 Å². The summed E-state index contributed by atoms with van der Waals surface area (Å²) in [4.78, 5) is 0. The van der Waals surface area contributed by atoms with Crippen LogP contribution in [0.1, 0.15) is 125 Å². The zero-order chi connectivity index (χ0) is 32.7. The van der Waals surface area contributed by atoms with E-state index in [9.17, 15) is 0 Å². The van der Waals surface area contributed by atoms with E-state index in [1.54, 1.807) is 39.0 Å². The average Bonchev–Trinajstić information content (AvgIpc) is 3.70. The normalized spacial score (nSPS) is 25.2. The number of hydrogen-bond donors (Lipinski definition) is 0. The molecule has 0 saturated heterocycles. The second kappa shape index (κ2) is 10.0. The molecule has 7 rings (SSSR count). The summed E-state index contributed by atoms with van der Waals surface area (Å²) in [5.41, 5.74) is 16.3. The lowest BCUT2D eigenvalue weighted by Gasteiger charge is -2.51. The van der Waals surface area contributed by atoms with Crippen molar-refractivity contribution in [1.29, 1.82) is 0 Å². The predicted octanol–water partition coefficient (Wildman–Crippen LogP) is 13.0. The highest BCUT2D eigenvalue weighted by Crippen LogP contribution is 2.80. The molecule has 3 heterocycles. The van der Waals surface area contributed by atoms with Gasteiger partial charge in [-0.15, -0.1) is 0 Å². The summed E-state index contributed by atoms with van der Waals surface area (Å²) in [6.07, 6.45) is 0. The molecule has 0 fully saturated rings. The molecule has 0 saturated carbocycles. The van der Waals surface area contributed by atoms with Gasteiger partial charge in [-0.2, -0.15) is 0 Å². The fourth-order valence-corrected chi connectivity index (χ4v) is 38.5. The fraction of sp³-hybridized carbons (Fsp3) is 0.524. The molecule has 0 amide bonds. The van der Waals surface area contributed by atoms with Gasteiger partial charge in [0.2, 0.25) is 0 Å². The third kappa shape index (κ3) is 3.25. The zero-order valence-corrected chi connectivity index (χ0v) is 33.7. The van der Waals surface area contributed by atoms with Crippen LogP contribution in [0, 0.1) is 0 Å². The highest BCUT2D eigenvalue weighted by Gasteiger charge is 2.76. The van der Waals surface area contributed by atoms with Crippen LogP contribution in [-0.2, 0) is 0 Å². The molecule has 2 aromatic carbocycles. The summed E-state index contributed by atoms with van der Waals surface area (Å²) >= 11 is 0. The molecule has 45 heavy (non-hydrogen) atoms. The van der Waals surface area contributed by atoms with E-state index in [1.807, 2.05) is 15.6 Å². The number of hydrogen-bond acceptors (Lipinski definition) is 0. The lowest BCUT2D eigenvalue weighted by molar-refractivity contribution is 0.855. The van der Waals surface area contributed by atoms with E-state index in [2.05, 4.69) is 156 Å². The molecule has 0 aromatic heterocycles. The Bertz CT molecular complexity index is 1730. The Morgan fingerprint density at radius 1 is 0.467 bits per heavy atom. The Kier molecular flexibility index (Phi) is 7.05. The van der Waals surface area contributed by atoms with E-state index in [0.717, 1.165) is 0 Å². The first-order valence-corrected chi connectivity index (χ1v) is 24.8. The molecule has 5 aliphatic rings. The maximum atomic E-state index is 2.67. The van der Waals surface area contributed by atoms with Crippen molar-refractivity contribution in [3.63, 3.8) is 0 Å². The summed E-state index contributed by atoms with van der Waals surface area (Å²) < 4.78 is 0. The molecule has 2 aliphatic carbocycles. The van der Waals surface area contributed by atoms with Gasteiger partial charge >= 0.3 is 0 Å². The average molecular weight is 647 g/mol. The highest BCUT2D eigenvalue weighted by atomic mass is 28.3. The third-order valence-electron chi connectivity index (χ3n) is 14.3. The monoisotopic (exact) mass is 646 g/mol. The van der Waals surface area contributed by atoms with Gasteiger partial charge in [0.1, 0.15) is 24.2 Å². The highest BCUT2D eigenvalue weighted by molar-refractivity contribution is 7.12. The van der Waals surface area contributed by atoms with Crippen molar-refractivity contribution >= 4 is 40.9 Å². The van der Waals surface area contributed by atoms with Crippen LogP contribution in [0.5, 0.6) is 0 Å². The minimum atomic E-state index is -2.22. The Hall–Kier alpha value is -1.95. The molecule has 0 bridgehead atoms. The van der Waals surface area contributed by atoms with Crippen LogP contribution in [-0.4, -0.2) is 24.2 Å². The quantitative estimate of drug-likeness (QED) is 0.274. The Balaban J connectivity index is 1.76. The van der Waals surface area contributed by atoms with E-state index < -0.39 is 24.2 Å². The summed E-state index contributed by atoms with van der Waals surface area (Å²) in [6.45, 7) is 37.0. The van der Waals surface area contributed by atoms with E-state index >= 15 is 0 Å². The van der Waals surface area contributed by atoms with Crippen molar-refractivity contribution in [2.75, 3.05) is 0 Å². The van der Waals surface area contributed by atoms with Crippen LogP contribution >= 0.6 is 0 Å². The summed E-state index contributed by atoms with van der Waals surface area (Å²) in [5.74, 6) is 0.527. The zero-order valence-electron chi connectivity index (χ0n) is 30.7. The fourth-order valence-electron chi connectivity index (χ4n) is 13.4. The number of benzene rings is 2. The SMILES string of the molecule is CC1=C2C(=C3C(C4=C(C5C(=C(C)c6ccccc65)[Si]4(C(C)C)C(C)C)[Si]3(C(C)C)C(C)C)[Si]2(C(C)C)C(C)C)c2ccccc21. The smallest absolute Gasteiger partial charge is 0.0741 e. The van der Waals surface area contributed by atoms with Crippen molar-refractivity contribution in [1.82, 2.24) is 0 Å². The van der Waals surface area contributed by atoms with Gasteiger partial charge in [0, 0.05) is 5.92 Å². The standard InChI is InChI=1S/C42H58Si3/c1-23(2)43(24(3)4)37-29(13)31-19-15-17-21-33(31)35(37)39-41(43)42-40(45(39,27(9)10)28(11)12)36-34-22-18-16-20-32(34)30(14)38(36)44(42,25(5)6)26(7)8/h15-28,35,42H,1-14H3. The summed E-state index contributed by atoms with van der Waals surface area (Å²) in [5, 5.41) is 10.1. The van der Waals surface area contributed by atoms with Gasteiger partial charge in [-0.05, 0) is 96.8 Å². The third-order valence-corrected chi connectivity index (χ3v) is 35.1. The summed E-state index contributed by atoms with van der Waals surface area (Å²) in [6, 6.07) is 19.3. The molecular formula is C42H58Si3. The summed E-state index contributed by atoms with van der Waals surface area (Å²) in [7, 11) is -6.48. The number of fused-ring (bicyclic) bond motifs is 9. The van der Waals surface area contributed by atoms with Crippen molar-refractivity contribution in [2.24, 2.45) is 0 Å². The van der Waals surface area contributed by atoms with E-state index in [4.69, 9.17) is 0 Å². The van der Waals surface area contributed by atoms with E-state index in [-0.39, 0.29) is 0 Å². The van der Waals surface area contributed by atoms with Crippen LogP contribution in [0.3, 0.4) is 0 Å². The predicted molar refractivity (Wildman–Crippen MR) is 206 cm³/mol. The van der Waals surface area contributed by atoms with E-state index in [0.29, 0.717) is 44.7 Å². The molecule has 0 radical (unpaired) electrons. The molecule has 238 valence electrons. The van der Waals surface area contributed by atoms with Crippen molar-refractivity contribution in [2.45, 2.75) is 142 Å². The minimum absolute atomic E-state index is 0.527. The minimum Gasteiger partial charge on any atom is -0.0741 e. The van der Waals surface area contributed by atoms with Crippen molar-refractivity contribution in [3.8, 4) is 0 Å². The van der Waals surface area contributed by atoms with Crippen LogP contribution in [0.4, 0.5) is 0 Å². The number of rotatable bonds is 6. The lowest BCUT2D eigenvalue weighted by atomic mass is 9.99. The molecule has 2 atom stereocenters. The maximum Gasteiger partial charge on any atom is 0.115 e. The molecule has 0 spiro atoms. The van der Waals surface area contributed by atoms with Crippen molar-refractivity contribution < 1.29 is 0 Å². The molecule has 0 nitrogen and oxygen atoms in total. The Labute approximate surface area is 278 Å². The molecule has 0 N–H and O–H groups in total. The van der Waals surface area contributed by atoms with Crippen molar-refractivity contribution in [3.05, 3.63) is 96.8 Å². The van der Waals surface area contributed by atoms with Gasteiger partial charge in [0.05, 0.1) is 0 Å². The molecule has 2 aromatic rings. The number of allylic oxidation sites excluding steroid dienone is 8. The second-order valence-corrected chi connectivity index (χ2v) is 32.8. The first kappa shape index (κ1) is 31.6. The van der Waals surface area contributed by atoms with Crippen LogP contribution in [0.15, 0.2) is 74.5 Å². The molecular weight excluding hydrogens is 589 g/mol. The first-order valence-electron chi connectivity index (χ1n) is 18.3. The Morgan fingerprint density at radius 2 is 0.933 bits per heavy atom. The Morgan fingerprint density at radius 3 is 1.44 bits per heavy atom. The maximum absolute atomic E-state index is 2.67. The van der Waals surface area contributed by atoms with Gasteiger partial charge < -0.3 is 0 Å². The van der Waals surface area contributed by atoms with Crippen LogP contribution in [0.25, 0.3) is 16.7 Å². The second-order valence-electron chi connectivity index (χ2n) is 17.3. The van der Waals surface area contributed by atoms with Gasteiger partial charge in [-0.25, -0.2) is 0 Å². The van der Waals surface area contributed by atoms with Gasteiger partial charge in [-0.3, -0.25) is 0 Å². The topological polar surface area (TPSA) is 0 Å². The van der Waals surface area contributed by atoms with Gasteiger partial charge in [-0.1, -0.05) is 152 Å². The van der Waals surface area contributed by atoms with Crippen LogP contribution in [0.2, 0.25) is 38.8 Å². The molecule has 3 heteroatoms. The lowest BCUT2D eigenvalue weighted by Crippen LogP contribution is -2.54. The van der Waals surface area contributed by atoms with Gasteiger partial charge in [0.15, 0.2) is 0 Å². The van der Waals surface area contributed by atoms with Gasteiger partial charge in [0.25, 0.3) is 0 Å². The molecule has 3 aliphatic heterocycles. The molecule has 2 unspecified atom stereocenters. The first-order chi connectivity index (χ1) is 21.2. The largest absolute Gasteiger partial charge is 0.115 e.